The molecule has 0 spiro atoms. The van der Waals surface area contributed by atoms with Gasteiger partial charge in [-0.05, 0) is 61.1 Å². The fourth-order valence-corrected chi connectivity index (χ4v) is 3.45. The van der Waals surface area contributed by atoms with Crippen LogP contribution >= 0.6 is 12.2 Å². The zero-order chi connectivity index (χ0) is 19.7. The highest BCUT2D eigenvalue weighted by Crippen LogP contribution is 2.25. The van der Waals surface area contributed by atoms with E-state index in [1.807, 2.05) is 78.4 Å². The Bertz CT molecular complexity index is 1120. The van der Waals surface area contributed by atoms with Gasteiger partial charge in [-0.15, -0.1) is 0 Å². The summed E-state index contributed by atoms with van der Waals surface area (Å²) in [6.45, 7) is 1.89. The minimum absolute atomic E-state index is 0.0349. The molecule has 6 heteroatoms. The molecule has 28 heavy (non-hydrogen) atoms. The van der Waals surface area contributed by atoms with E-state index in [-0.39, 0.29) is 10.7 Å². The molecule has 2 aromatic carbocycles. The molecule has 5 nitrogen and oxygen atoms in total. The summed E-state index contributed by atoms with van der Waals surface area (Å²) in [4.78, 5) is 27.1. The summed E-state index contributed by atoms with van der Waals surface area (Å²) >= 11 is 5.27. The van der Waals surface area contributed by atoms with Crippen LogP contribution in [0.3, 0.4) is 0 Å². The number of benzene rings is 2. The number of hydrogen-bond acceptors (Lipinski definition) is 3. The van der Waals surface area contributed by atoms with Gasteiger partial charge in [0, 0.05) is 17.6 Å². The Labute approximate surface area is 167 Å². The van der Waals surface area contributed by atoms with Crippen molar-refractivity contribution >= 4 is 40.9 Å². The Morgan fingerprint density at radius 2 is 1.64 bits per heavy atom. The van der Waals surface area contributed by atoms with Gasteiger partial charge in [0.25, 0.3) is 11.8 Å². The van der Waals surface area contributed by atoms with Crippen LogP contribution < -0.4 is 10.2 Å². The molecule has 4 rings (SSSR count). The zero-order valence-electron chi connectivity index (χ0n) is 15.1. The number of nitrogens with zero attached hydrogens (tertiary/aromatic N) is 2. The monoisotopic (exact) mass is 387 g/mol. The van der Waals surface area contributed by atoms with E-state index in [0.717, 1.165) is 16.9 Å². The van der Waals surface area contributed by atoms with Crippen LogP contribution in [-0.4, -0.2) is 21.5 Å². The molecular formula is C22H17N3O2S. The number of anilines is 1. The van der Waals surface area contributed by atoms with E-state index in [1.165, 1.54) is 4.90 Å². The maximum atomic E-state index is 13.2. The Hall–Kier alpha value is -3.51. The van der Waals surface area contributed by atoms with Crippen LogP contribution in [-0.2, 0) is 9.59 Å². The van der Waals surface area contributed by atoms with Crippen LogP contribution in [0.25, 0.3) is 11.8 Å². The first kappa shape index (κ1) is 17.9. The minimum atomic E-state index is -0.499. The van der Waals surface area contributed by atoms with Crippen molar-refractivity contribution in [1.29, 1.82) is 0 Å². The van der Waals surface area contributed by atoms with Gasteiger partial charge in [0.15, 0.2) is 5.11 Å². The highest BCUT2D eigenvalue weighted by molar-refractivity contribution is 7.80. The second-order valence-corrected chi connectivity index (χ2v) is 6.77. The van der Waals surface area contributed by atoms with Crippen molar-refractivity contribution in [3.8, 4) is 5.69 Å². The van der Waals surface area contributed by atoms with Crippen LogP contribution in [0.15, 0.2) is 78.5 Å². The summed E-state index contributed by atoms with van der Waals surface area (Å²) in [7, 11) is 0. The molecule has 0 atom stereocenters. The first-order valence-corrected chi connectivity index (χ1v) is 9.17. The molecule has 0 aliphatic carbocycles. The smallest absolute Gasteiger partial charge is 0.270 e. The lowest BCUT2D eigenvalue weighted by Gasteiger charge is -2.30. The fraction of sp³-hybridized carbons (Fsp3) is 0.0455. The number of hydrogen-bond donors (Lipinski definition) is 1. The molecule has 0 saturated carbocycles. The molecule has 0 bridgehead atoms. The second kappa shape index (κ2) is 7.25. The van der Waals surface area contributed by atoms with Crippen molar-refractivity contribution in [2.24, 2.45) is 0 Å². The highest BCUT2D eigenvalue weighted by atomic mass is 32.1. The van der Waals surface area contributed by atoms with Gasteiger partial charge in [0.05, 0.1) is 5.69 Å². The molecule has 1 saturated heterocycles. The van der Waals surface area contributed by atoms with Crippen molar-refractivity contribution in [1.82, 2.24) is 9.88 Å². The van der Waals surface area contributed by atoms with Gasteiger partial charge in [-0.3, -0.25) is 19.8 Å². The van der Waals surface area contributed by atoms with Gasteiger partial charge >= 0.3 is 0 Å². The van der Waals surface area contributed by atoms with Crippen molar-refractivity contribution in [2.75, 3.05) is 4.90 Å². The standard InChI is InChI=1S/C22H17N3O2S/c1-15-8-5-6-12-19(15)25-21(27)18(20(26)23-22(25)28)14-17-11-7-13-24(17)16-9-3-2-4-10-16/h2-14H,1H3,(H,23,26,28)/b18-14-. The topological polar surface area (TPSA) is 54.3 Å². The molecule has 1 fully saturated rings. The summed E-state index contributed by atoms with van der Waals surface area (Å²) in [6.07, 6.45) is 3.48. The molecule has 2 heterocycles. The van der Waals surface area contributed by atoms with Crippen LogP contribution in [0.4, 0.5) is 5.69 Å². The number of aryl methyl sites for hydroxylation is 1. The third-order valence-corrected chi connectivity index (χ3v) is 4.85. The maximum Gasteiger partial charge on any atom is 0.270 e. The number of nitrogens with one attached hydrogen (secondary N) is 1. The predicted octanol–water partition coefficient (Wildman–Crippen LogP) is 3.62. The first-order chi connectivity index (χ1) is 13.6. The molecule has 3 aromatic rings. The Morgan fingerprint density at radius 3 is 2.39 bits per heavy atom. The predicted molar refractivity (Wildman–Crippen MR) is 113 cm³/mol. The Balaban J connectivity index is 1.77. The van der Waals surface area contributed by atoms with Gasteiger partial charge in [-0.2, -0.15) is 0 Å². The van der Waals surface area contributed by atoms with Gasteiger partial charge < -0.3 is 4.57 Å². The number of aromatic nitrogens is 1. The van der Waals surface area contributed by atoms with E-state index < -0.39 is 11.8 Å². The molecule has 0 unspecified atom stereocenters. The number of amides is 2. The summed E-state index contributed by atoms with van der Waals surface area (Å²) in [5, 5.41) is 2.71. The Morgan fingerprint density at radius 1 is 0.929 bits per heavy atom. The number of carbonyl (C=O) groups excluding carboxylic acids is 2. The van der Waals surface area contributed by atoms with Crippen molar-refractivity contribution in [2.45, 2.75) is 6.92 Å². The fourth-order valence-electron chi connectivity index (χ4n) is 3.17. The van der Waals surface area contributed by atoms with Crippen LogP contribution in [0.2, 0.25) is 0 Å². The highest BCUT2D eigenvalue weighted by Gasteiger charge is 2.35. The molecule has 1 aromatic heterocycles. The molecule has 1 aliphatic rings. The number of thiocarbonyl (C=S) groups is 1. The molecule has 0 radical (unpaired) electrons. The average Bonchev–Trinajstić information content (AvgIpc) is 3.15. The van der Waals surface area contributed by atoms with Crippen LogP contribution in [0.5, 0.6) is 0 Å². The van der Waals surface area contributed by atoms with Gasteiger partial charge in [0.2, 0.25) is 0 Å². The van der Waals surface area contributed by atoms with Gasteiger partial charge in [0.1, 0.15) is 5.57 Å². The molecule has 2 amide bonds. The zero-order valence-corrected chi connectivity index (χ0v) is 15.9. The molecule has 1 aliphatic heterocycles. The van der Waals surface area contributed by atoms with Crippen molar-refractivity contribution in [3.05, 3.63) is 89.8 Å². The summed E-state index contributed by atoms with van der Waals surface area (Å²) in [6, 6.07) is 20.9. The van der Waals surface area contributed by atoms with Gasteiger partial charge in [-0.1, -0.05) is 36.4 Å². The van der Waals surface area contributed by atoms with Crippen molar-refractivity contribution in [3.63, 3.8) is 0 Å². The lowest BCUT2D eigenvalue weighted by Crippen LogP contribution is -2.54. The molecule has 138 valence electrons. The summed E-state index contributed by atoms with van der Waals surface area (Å²) in [5.41, 5.74) is 3.24. The number of carbonyl (C=O) groups is 2. The van der Waals surface area contributed by atoms with E-state index in [4.69, 9.17) is 12.2 Å². The van der Waals surface area contributed by atoms with Crippen LogP contribution in [0, 0.1) is 6.92 Å². The lowest BCUT2D eigenvalue weighted by molar-refractivity contribution is -0.122. The quantitative estimate of drug-likeness (QED) is 0.424. The van der Waals surface area contributed by atoms with E-state index in [2.05, 4.69) is 5.32 Å². The molecule has 1 N–H and O–H groups in total. The summed E-state index contributed by atoms with van der Waals surface area (Å²) < 4.78 is 1.92. The van der Waals surface area contributed by atoms with E-state index in [1.54, 1.807) is 12.1 Å². The maximum absolute atomic E-state index is 13.2. The largest absolute Gasteiger partial charge is 0.317 e. The number of rotatable bonds is 3. The van der Waals surface area contributed by atoms with E-state index >= 15 is 0 Å². The lowest BCUT2D eigenvalue weighted by atomic mass is 10.1. The second-order valence-electron chi connectivity index (χ2n) is 6.38. The third-order valence-electron chi connectivity index (χ3n) is 4.56. The number of para-hydroxylation sites is 2. The average molecular weight is 387 g/mol. The minimum Gasteiger partial charge on any atom is -0.317 e. The first-order valence-electron chi connectivity index (χ1n) is 8.76. The van der Waals surface area contributed by atoms with E-state index in [9.17, 15) is 9.59 Å². The normalized spacial score (nSPS) is 15.8. The van der Waals surface area contributed by atoms with Crippen LogP contribution in [0.1, 0.15) is 11.3 Å². The Kier molecular flexibility index (Phi) is 4.63. The third kappa shape index (κ3) is 3.14. The SMILES string of the molecule is Cc1ccccc1N1C(=O)/C(=C\c2cccn2-c2ccccc2)C(=O)NC1=S. The molecular weight excluding hydrogens is 370 g/mol. The van der Waals surface area contributed by atoms with Gasteiger partial charge in [-0.25, -0.2) is 0 Å². The van der Waals surface area contributed by atoms with Crippen molar-refractivity contribution < 1.29 is 9.59 Å². The summed E-state index contributed by atoms with van der Waals surface area (Å²) in [5.74, 6) is -0.940. The van der Waals surface area contributed by atoms with E-state index in [0.29, 0.717) is 5.69 Å².